The second-order valence-electron chi connectivity index (χ2n) is 13.2. The van der Waals surface area contributed by atoms with Crippen LogP contribution in [0.2, 0.25) is 0 Å². The predicted octanol–water partition coefficient (Wildman–Crippen LogP) is 7.61. The highest BCUT2D eigenvalue weighted by Gasteiger charge is 2.27. The molecular weight excluding hydrogens is 669 g/mol. The van der Waals surface area contributed by atoms with Gasteiger partial charge in [0, 0.05) is 18.1 Å². The Balaban J connectivity index is 1.56. The van der Waals surface area contributed by atoms with Crippen LogP contribution in [-0.4, -0.2) is 48.0 Å². The van der Waals surface area contributed by atoms with Crippen molar-refractivity contribution in [2.24, 2.45) is 5.92 Å². The van der Waals surface area contributed by atoms with Crippen LogP contribution in [0.25, 0.3) is 11.6 Å². The molecule has 0 radical (unpaired) electrons. The molecule has 5 aromatic rings. The summed E-state index contributed by atoms with van der Waals surface area (Å²) in [7, 11) is -2.74. The molecule has 0 saturated carbocycles. The number of rotatable bonds is 13. The number of carbonyl (C=O) groups is 1. The van der Waals surface area contributed by atoms with Crippen molar-refractivity contribution in [1.29, 1.82) is 0 Å². The average molecular weight is 711 g/mol. The Kier molecular flexibility index (Phi) is 11.2. The fourth-order valence-electron chi connectivity index (χ4n) is 4.99. The number of sulfonamides is 1. The molecule has 5 rings (SSSR count). The van der Waals surface area contributed by atoms with Crippen molar-refractivity contribution in [3.05, 3.63) is 102 Å². The molecule has 0 aliphatic heterocycles. The minimum atomic E-state index is -4.22. The first-order valence-corrected chi connectivity index (χ1v) is 17.9. The summed E-state index contributed by atoms with van der Waals surface area (Å²) >= 11 is 0. The highest BCUT2D eigenvalue weighted by atomic mass is 32.2. The van der Waals surface area contributed by atoms with Crippen LogP contribution >= 0.6 is 0 Å². The van der Waals surface area contributed by atoms with Crippen molar-refractivity contribution < 1.29 is 27.4 Å². The number of anilines is 2. The fraction of sp³-hybridized carbons (Fsp3) is 0.289. The van der Waals surface area contributed by atoms with Crippen LogP contribution in [0.5, 0.6) is 23.1 Å². The van der Waals surface area contributed by atoms with Gasteiger partial charge in [-0.2, -0.15) is 4.98 Å². The van der Waals surface area contributed by atoms with Crippen molar-refractivity contribution in [3.63, 3.8) is 0 Å². The number of hydrogen-bond donors (Lipinski definition) is 2. The lowest BCUT2D eigenvalue weighted by molar-refractivity contribution is -0.120. The second-order valence-corrected chi connectivity index (χ2v) is 14.9. The standard InChI is InChI=1S/C38H42N6O6S/c1-24(2)28-13-8-9-14-29(28)41-36(45)25(3)23-49-37-32(50-31-16-11-10-15-30(31)48-7)33(42-35(43-37)34-39-21-12-22-40-34)44-51(46,47)27-19-17-26(18-20-27)38(4,5)6/h8-22,24-25H,23H2,1-7H3,(H,41,45)(H,42,43,44). The number of benzene rings is 3. The molecule has 0 bridgehead atoms. The maximum Gasteiger partial charge on any atom is 0.263 e. The highest BCUT2D eigenvalue weighted by molar-refractivity contribution is 7.92. The Bertz CT molecular complexity index is 2090. The van der Waals surface area contributed by atoms with Gasteiger partial charge in [0.2, 0.25) is 17.5 Å². The van der Waals surface area contributed by atoms with Gasteiger partial charge in [-0.15, -0.1) is 0 Å². The Morgan fingerprint density at radius 2 is 1.47 bits per heavy atom. The Hall–Kier alpha value is -5.56. The third-order valence-electron chi connectivity index (χ3n) is 7.90. The minimum absolute atomic E-state index is 0.00399. The van der Waals surface area contributed by atoms with Crippen molar-refractivity contribution >= 4 is 27.4 Å². The largest absolute Gasteiger partial charge is 0.493 e. The second kappa shape index (κ2) is 15.5. The zero-order valence-electron chi connectivity index (χ0n) is 29.7. The van der Waals surface area contributed by atoms with Crippen LogP contribution in [0.1, 0.15) is 58.6 Å². The number of ether oxygens (including phenoxy) is 3. The van der Waals surface area contributed by atoms with Gasteiger partial charge in [0.15, 0.2) is 23.1 Å². The lowest BCUT2D eigenvalue weighted by Crippen LogP contribution is -2.26. The number of aromatic nitrogens is 4. The summed E-state index contributed by atoms with van der Waals surface area (Å²) < 4.78 is 48.3. The van der Waals surface area contributed by atoms with E-state index in [0.717, 1.165) is 11.1 Å². The van der Waals surface area contributed by atoms with Gasteiger partial charge in [-0.25, -0.2) is 23.4 Å². The zero-order valence-corrected chi connectivity index (χ0v) is 30.5. The number of carbonyl (C=O) groups excluding carboxylic acids is 1. The molecule has 0 saturated heterocycles. The van der Waals surface area contributed by atoms with Gasteiger partial charge in [0.1, 0.15) is 6.61 Å². The zero-order chi connectivity index (χ0) is 36.8. The van der Waals surface area contributed by atoms with Gasteiger partial charge < -0.3 is 19.5 Å². The molecular formula is C38H42N6O6S. The molecule has 12 nitrogen and oxygen atoms in total. The van der Waals surface area contributed by atoms with Crippen molar-refractivity contribution in [2.45, 2.75) is 57.8 Å². The normalized spacial score (nSPS) is 12.2. The molecule has 266 valence electrons. The minimum Gasteiger partial charge on any atom is -0.493 e. The summed E-state index contributed by atoms with van der Waals surface area (Å²) in [6.07, 6.45) is 3.01. The molecule has 2 aromatic heterocycles. The Labute approximate surface area is 298 Å². The van der Waals surface area contributed by atoms with Gasteiger partial charge in [-0.1, -0.05) is 84.0 Å². The molecule has 0 aliphatic carbocycles. The number of amides is 1. The summed E-state index contributed by atoms with van der Waals surface area (Å²) in [5.41, 5.74) is 2.50. The molecule has 51 heavy (non-hydrogen) atoms. The molecule has 3 aromatic carbocycles. The quantitative estimate of drug-likeness (QED) is 0.125. The molecule has 1 amide bonds. The number of hydrogen-bond acceptors (Lipinski definition) is 10. The number of nitrogens with one attached hydrogen (secondary N) is 2. The van der Waals surface area contributed by atoms with E-state index >= 15 is 0 Å². The van der Waals surface area contributed by atoms with Crippen LogP contribution in [0.3, 0.4) is 0 Å². The number of nitrogens with zero attached hydrogens (tertiary/aromatic N) is 4. The van der Waals surface area contributed by atoms with E-state index in [1.807, 2.05) is 45.0 Å². The van der Waals surface area contributed by atoms with Crippen molar-refractivity contribution in [2.75, 3.05) is 23.8 Å². The van der Waals surface area contributed by atoms with E-state index in [0.29, 0.717) is 11.4 Å². The summed E-state index contributed by atoms with van der Waals surface area (Å²) in [5.74, 6) is -0.637. The SMILES string of the molecule is COc1ccccc1Oc1c(NS(=O)(=O)c2ccc(C(C)(C)C)cc2)nc(-c2ncccn2)nc1OCC(C)C(=O)Nc1ccccc1C(C)C. The van der Waals surface area contributed by atoms with Gasteiger partial charge >= 0.3 is 0 Å². The Morgan fingerprint density at radius 3 is 2.12 bits per heavy atom. The molecule has 0 fully saturated rings. The third kappa shape index (κ3) is 8.97. The predicted molar refractivity (Wildman–Crippen MR) is 196 cm³/mol. The highest BCUT2D eigenvalue weighted by Crippen LogP contribution is 2.41. The lowest BCUT2D eigenvalue weighted by Gasteiger charge is -2.20. The summed E-state index contributed by atoms with van der Waals surface area (Å²) in [6, 6.07) is 22.7. The molecule has 1 unspecified atom stereocenters. The lowest BCUT2D eigenvalue weighted by atomic mass is 9.87. The van der Waals surface area contributed by atoms with E-state index in [-0.39, 0.29) is 63.6 Å². The maximum atomic E-state index is 13.9. The molecule has 2 N–H and O–H groups in total. The molecule has 13 heteroatoms. The maximum absolute atomic E-state index is 13.9. The van der Waals surface area contributed by atoms with Crippen molar-refractivity contribution in [1.82, 2.24) is 19.9 Å². The molecule has 0 aliphatic rings. The summed E-state index contributed by atoms with van der Waals surface area (Å²) in [4.78, 5) is 31.0. The third-order valence-corrected chi connectivity index (χ3v) is 9.26. The van der Waals surface area contributed by atoms with E-state index in [1.54, 1.807) is 49.4 Å². The van der Waals surface area contributed by atoms with E-state index in [1.165, 1.54) is 31.6 Å². The van der Waals surface area contributed by atoms with Crippen LogP contribution in [0, 0.1) is 5.92 Å². The Morgan fingerprint density at radius 1 is 0.824 bits per heavy atom. The first kappa shape index (κ1) is 36.7. The first-order valence-electron chi connectivity index (χ1n) is 16.4. The first-order chi connectivity index (χ1) is 24.3. The van der Waals surface area contributed by atoms with Crippen LogP contribution < -0.4 is 24.2 Å². The van der Waals surface area contributed by atoms with E-state index in [4.69, 9.17) is 14.2 Å². The molecule has 2 heterocycles. The fourth-order valence-corrected chi connectivity index (χ4v) is 5.99. The average Bonchev–Trinajstić information content (AvgIpc) is 3.11. The number of methoxy groups -OCH3 is 1. The van der Waals surface area contributed by atoms with Gasteiger partial charge in [0.05, 0.1) is 17.9 Å². The van der Waals surface area contributed by atoms with E-state index in [2.05, 4.69) is 43.8 Å². The molecule has 1 atom stereocenters. The summed E-state index contributed by atoms with van der Waals surface area (Å²) in [6.45, 7) is 11.8. The smallest absolute Gasteiger partial charge is 0.263 e. The van der Waals surface area contributed by atoms with Crippen LogP contribution in [0.4, 0.5) is 11.5 Å². The van der Waals surface area contributed by atoms with Crippen molar-refractivity contribution in [3.8, 4) is 34.8 Å². The van der Waals surface area contributed by atoms with Gasteiger partial charge in [-0.3, -0.25) is 9.52 Å². The van der Waals surface area contributed by atoms with Gasteiger partial charge in [0.25, 0.3) is 15.9 Å². The number of para-hydroxylation sites is 3. The molecule has 0 spiro atoms. The van der Waals surface area contributed by atoms with E-state index < -0.39 is 15.9 Å². The van der Waals surface area contributed by atoms with E-state index in [9.17, 15) is 13.2 Å². The van der Waals surface area contributed by atoms with Crippen LogP contribution in [-0.2, 0) is 20.2 Å². The summed E-state index contributed by atoms with van der Waals surface area (Å²) in [5, 5.41) is 3.00. The van der Waals surface area contributed by atoms with Crippen LogP contribution in [0.15, 0.2) is 96.2 Å². The van der Waals surface area contributed by atoms with Gasteiger partial charge in [-0.05, 0) is 58.9 Å². The monoisotopic (exact) mass is 710 g/mol. The topological polar surface area (TPSA) is 155 Å².